The first-order chi connectivity index (χ1) is 11.1. The summed E-state index contributed by atoms with van der Waals surface area (Å²) < 4.78 is 9.53. The number of ether oxygens (including phenoxy) is 2. The van der Waals surface area contributed by atoms with Crippen LogP contribution in [-0.2, 0) is 19.1 Å². The molecule has 5 nitrogen and oxygen atoms in total. The third-order valence-corrected chi connectivity index (χ3v) is 5.12. The molecule has 2 aliphatic rings. The Labute approximate surface area is 139 Å². The molecule has 2 saturated carbocycles. The fourth-order valence-electron chi connectivity index (χ4n) is 3.96. The van der Waals surface area contributed by atoms with E-state index in [1.165, 1.54) is 39.9 Å². The van der Waals surface area contributed by atoms with Gasteiger partial charge >= 0.3 is 11.9 Å². The van der Waals surface area contributed by atoms with E-state index < -0.39 is 0 Å². The normalized spacial score (nSPS) is 28.0. The van der Waals surface area contributed by atoms with Crippen LogP contribution in [0, 0.1) is 23.7 Å². The maximum absolute atomic E-state index is 11.6. The van der Waals surface area contributed by atoms with Crippen LogP contribution in [0.5, 0.6) is 0 Å². The smallest absolute Gasteiger partial charge is 0.309 e. The minimum Gasteiger partial charge on any atom is -0.469 e. The SMILES string of the molecule is CCCCCCCO.COC(=O)C1C2CCC(C2)C1C(=O)OC. The van der Waals surface area contributed by atoms with Crippen molar-refractivity contribution < 1.29 is 24.2 Å². The number of carbonyl (C=O) groups excluding carboxylic acids is 2. The summed E-state index contributed by atoms with van der Waals surface area (Å²) in [5.41, 5.74) is 0. The topological polar surface area (TPSA) is 72.8 Å². The monoisotopic (exact) mass is 328 g/mol. The molecule has 0 saturated heterocycles. The highest BCUT2D eigenvalue weighted by Crippen LogP contribution is 2.52. The molecule has 0 aromatic carbocycles. The van der Waals surface area contributed by atoms with Gasteiger partial charge in [-0.1, -0.05) is 32.6 Å². The van der Waals surface area contributed by atoms with Crippen molar-refractivity contribution in [3.8, 4) is 0 Å². The van der Waals surface area contributed by atoms with E-state index in [2.05, 4.69) is 6.92 Å². The summed E-state index contributed by atoms with van der Waals surface area (Å²) in [6, 6.07) is 0. The maximum Gasteiger partial charge on any atom is 0.309 e. The second-order valence-electron chi connectivity index (χ2n) is 6.57. The summed E-state index contributed by atoms with van der Waals surface area (Å²) in [5, 5.41) is 8.37. The lowest BCUT2D eigenvalue weighted by Crippen LogP contribution is -2.36. The lowest BCUT2D eigenvalue weighted by molar-refractivity contribution is -0.160. The van der Waals surface area contributed by atoms with Crippen LogP contribution in [0.2, 0.25) is 0 Å². The first-order valence-corrected chi connectivity index (χ1v) is 8.87. The van der Waals surface area contributed by atoms with Gasteiger partial charge in [-0.15, -0.1) is 0 Å². The van der Waals surface area contributed by atoms with Crippen molar-refractivity contribution in [1.29, 1.82) is 0 Å². The van der Waals surface area contributed by atoms with Crippen molar-refractivity contribution in [2.45, 2.75) is 58.3 Å². The predicted molar refractivity (Wildman–Crippen MR) is 87.7 cm³/mol. The van der Waals surface area contributed by atoms with Gasteiger partial charge in [0.1, 0.15) is 0 Å². The number of aliphatic hydroxyl groups is 1. The molecule has 134 valence electrons. The molecule has 23 heavy (non-hydrogen) atoms. The average molecular weight is 328 g/mol. The second-order valence-corrected chi connectivity index (χ2v) is 6.57. The standard InChI is InChI=1S/C11H16O4.C7H16O/c1-14-10(12)8-6-3-4-7(5-6)9(8)11(13)15-2;1-2-3-4-5-6-7-8/h6-9H,3-5H2,1-2H3;8H,2-7H2,1H3. The van der Waals surface area contributed by atoms with Gasteiger partial charge in [0, 0.05) is 6.61 Å². The van der Waals surface area contributed by atoms with Gasteiger partial charge in [0.05, 0.1) is 26.1 Å². The van der Waals surface area contributed by atoms with Gasteiger partial charge in [-0.3, -0.25) is 9.59 Å². The highest BCUT2D eigenvalue weighted by Gasteiger charge is 2.54. The number of fused-ring (bicyclic) bond motifs is 2. The molecule has 4 unspecified atom stereocenters. The van der Waals surface area contributed by atoms with Crippen LogP contribution in [0.15, 0.2) is 0 Å². The Kier molecular flexibility index (Phi) is 9.22. The zero-order valence-corrected chi connectivity index (χ0v) is 14.8. The van der Waals surface area contributed by atoms with Gasteiger partial charge in [0.25, 0.3) is 0 Å². The van der Waals surface area contributed by atoms with E-state index in [9.17, 15) is 9.59 Å². The van der Waals surface area contributed by atoms with Crippen LogP contribution in [-0.4, -0.2) is 37.9 Å². The molecule has 0 amide bonds. The molecule has 4 atom stereocenters. The molecule has 2 bridgehead atoms. The van der Waals surface area contributed by atoms with Crippen molar-refractivity contribution in [2.24, 2.45) is 23.7 Å². The molecular weight excluding hydrogens is 296 g/mol. The van der Waals surface area contributed by atoms with Crippen molar-refractivity contribution in [1.82, 2.24) is 0 Å². The van der Waals surface area contributed by atoms with E-state index in [0.717, 1.165) is 25.7 Å². The quantitative estimate of drug-likeness (QED) is 0.574. The molecule has 2 rings (SSSR count). The molecule has 0 spiro atoms. The van der Waals surface area contributed by atoms with E-state index in [1.54, 1.807) is 0 Å². The maximum atomic E-state index is 11.6. The lowest BCUT2D eigenvalue weighted by Gasteiger charge is -2.26. The van der Waals surface area contributed by atoms with Crippen LogP contribution in [0.3, 0.4) is 0 Å². The number of esters is 2. The highest BCUT2D eigenvalue weighted by atomic mass is 16.5. The Bertz CT molecular complexity index is 334. The van der Waals surface area contributed by atoms with Gasteiger partial charge in [-0.25, -0.2) is 0 Å². The first-order valence-electron chi connectivity index (χ1n) is 8.87. The van der Waals surface area contributed by atoms with Crippen molar-refractivity contribution in [2.75, 3.05) is 20.8 Å². The Balaban J connectivity index is 0.000000284. The molecule has 2 fully saturated rings. The zero-order chi connectivity index (χ0) is 17.2. The number of methoxy groups -OCH3 is 2. The summed E-state index contributed by atoms with van der Waals surface area (Å²) >= 11 is 0. The summed E-state index contributed by atoms with van der Waals surface area (Å²) in [7, 11) is 2.76. The van der Waals surface area contributed by atoms with E-state index in [4.69, 9.17) is 14.6 Å². The predicted octanol–water partition coefficient (Wildman–Crippen LogP) is 2.94. The molecule has 0 aromatic rings. The van der Waals surface area contributed by atoms with Crippen LogP contribution >= 0.6 is 0 Å². The summed E-state index contributed by atoms with van der Waals surface area (Å²) in [6.07, 6.45) is 9.13. The number of aliphatic hydroxyl groups excluding tert-OH is 1. The molecule has 1 N–H and O–H groups in total. The van der Waals surface area contributed by atoms with Crippen LogP contribution in [0.4, 0.5) is 0 Å². The minimum absolute atomic E-state index is 0.252. The van der Waals surface area contributed by atoms with Gasteiger partial charge in [-0.05, 0) is 37.5 Å². The average Bonchev–Trinajstić information content (AvgIpc) is 3.19. The van der Waals surface area contributed by atoms with E-state index >= 15 is 0 Å². The Hall–Kier alpha value is -1.10. The number of unbranched alkanes of at least 4 members (excludes halogenated alkanes) is 4. The van der Waals surface area contributed by atoms with Crippen LogP contribution in [0.1, 0.15) is 58.3 Å². The molecule has 0 heterocycles. The third kappa shape index (κ3) is 5.48. The van der Waals surface area contributed by atoms with Gasteiger partial charge in [0.15, 0.2) is 0 Å². The van der Waals surface area contributed by atoms with E-state index in [1.807, 2.05) is 0 Å². The Morgan fingerprint density at radius 2 is 1.39 bits per heavy atom. The van der Waals surface area contributed by atoms with Gasteiger partial charge < -0.3 is 14.6 Å². The fraction of sp³-hybridized carbons (Fsp3) is 0.889. The molecule has 2 aliphatic carbocycles. The number of hydrogen-bond acceptors (Lipinski definition) is 5. The second kappa shape index (κ2) is 10.6. The van der Waals surface area contributed by atoms with E-state index in [0.29, 0.717) is 18.4 Å². The minimum atomic E-state index is -0.263. The van der Waals surface area contributed by atoms with Gasteiger partial charge in [0.2, 0.25) is 0 Å². The Morgan fingerprint density at radius 3 is 1.78 bits per heavy atom. The summed E-state index contributed by atoms with van der Waals surface area (Å²) in [5.74, 6) is -0.379. The van der Waals surface area contributed by atoms with E-state index in [-0.39, 0.29) is 23.8 Å². The number of hydrogen-bond donors (Lipinski definition) is 1. The lowest BCUT2D eigenvalue weighted by atomic mass is 9.79. The third-order valence-electron chi connectivity index (χ3n) is 5.12. The molecule has 0 aromatic heterocycles. The summed E-state index contributed by atoms with van der Waals surface area (Å²) in [4.78, 5) is 23.2. The summed E-state index contributed by atoms with van der Waals surface area (Å²) in [6.45, 7) is 2.56. The fourth-order valence-corrected chi connectivity index (χ4v) is 3.96. The van der Waals surface area contributed by atoms with Crippen molar-refractivity contribution in [3.63, 3.8) is 0 Å². The molecular formula is C18H32O5. The van der Waals surface area contributed by atoms with Crippen molar-refractivity contribution >= 4 is 11.9 Å². The van der Waals surface area contributed by atoms with Crippen molar-refractivity contribution in [3.05, 3.63) is 0 Å². The van der Waals surface area contributed by atoms with Crippen LogP contribution in [0.25, 0.3) is 0 Å². The largest absolute Gasteiger partial charge is 0.469 e. The zero-order valence-electron chi connectivity index (χ0n) is 14.8. The highest BCUT2D eigenvalue weighted by molar-refractivity contribution is 5.83. The molecule has 5 heteroatoms. The molecule has 0 radical (unpaired) electrons. The Morgan fingerprint density at radius 1 is 0.913 bits per heavy atom. The molecule has 0 aliphatic heterocycles. The number of carbonyl (C=O) groups is 2. The van der Waals surface area contributed by atoms with Crippen LogP contribution < -0.4 is 0 Å². The van der Waals surface area contributed by atoms with Gasteiger partial charge in [-0.2, -0.15) is 0 Å². The first kappa shape index (κ1) is 19.9. The number of rotatable bonds is 7.